The van der Waals surface area contributed by atoms with Gasteiger partial charge in [-0.25, -0.2) is 4.98 Å². The molecule has 0 aliphatic carbocycles. The standard InChI is InChI=1S/C18H22N4.C3H8.C2H6/c1-4-8-14(5-2)16-11-22(17-10-7-6-9-15(16)17)20-18-12-21(3)13-19-18;1-3-2;1-2/h6-13,20H,4-5H2,1-3H3;3H2,1-2H3;1-2H3/b14-8+;;. The van der Waals surface area contributed by atoms with Crippen LogP contribution in [0.25, 0.3) is 16.5 Å². The van der Waals surface area contributed by atoms with Crippen molar-refractivity contribution < 1.29 is 0 Å². The molecule has 3 rings (SSSR count). The van der Waals surface area contributed by atoms with Crippen LogP contribution in [-0.4, -0.2) is 14.2 Å². The van der Waals surface area contributed by atoms with Crippen molar-refractivity contribution >= 4 is 22.3 Å². The van der Waals surface area contributed by atoms with Crippen molar-refractivity contribution in [2.75, 3.05) is 5.43 Å². The van der Waals surface area contributed by atoms with Crippen LogP contribution in [0.3, 0.4) is 0 Å². The maximum absolute atomic E-state index is 4.34. The molecule has 0 unspecified atom stereocenters. The van der Waals surface area contributed by atoms with Crippen molar-refractivity contribution in [3.63, 3.8) is 0 Å². The first-order valence-corrected chi connectivity index (χ1v) is 10.2. The lowest BCUT2D eigenvalue weighted by molar-refractivity contribution is 0.913. The molecule has 2 aromatic heterocycles. The van der Waals surface area contributed by atoms with E-state index >= 15 is 0 Å². The summed E-state index contributed by atoms with van der Waals surface area (Å²) in [5.74, 6) is 0.840. The van der Waals surface area contributed by atoms with Gasteiger partial charge in [0, 0.05) is 30.4 Å². The summed E-state index contributed by atoms with van der Waals surface area (Å²) in [7, 11) is 1.97. The zero-order chi connectivity index (χ0) is 20.2. The van der Waals surface area contributed by atoms with E-state index in [-0.39, 0.29) is 0 Å². The van der Waals surface area contributed by atoms with Crippen LogP contribution in [0, 0.1) is 0 Å². The van der Waals surface area contributed by atoms with Crippen molar-refractivity contribution in [2.45, 2.75) is 60.8 Å². The lowest BCUT2D eigenvalue weighted by atomic mass is 10.0. The minimum Gasteiger partial charge on any atom is -0.338 e. The fraction of sp³-hybridized carbons (Fsp3) is 0.435. The predicted octanol–water partition coefficient (Wildman–Crippen LogP) is 6.90. The van der Waals surface area contributed by atoms with Crippen LogP contribution in [0.2, 0.25) is 0 Å². The highest BCUT2D eigenvalue weighted by molar-refractivity contribution is 5.93. The number of imidazole rings is 1. The molecule has 4 heteroatoms. The third-order valence-corrected chi connectivity index (χ3v) is 3.83. The van der Waals surface area contributed by atoms with Gasteiger partial charge in [0.1, 0.15) is 0 Å². The molecular weight excluding hydrogens is 332 g/mol. The van der Waals surface area contributed by atoms with Crippen LogP contribution in [-0.2, 0) is 7.05 Å². The summed E-state index contributed by atoms with van der Waals surface area (Å²) >= 11 is 0. The number of benzene rings is 1. The number of aryl methyl sites for hydroxylation is 1. The zero-order valence-electron chi connectivity index (χ0n) is 18.1. The predicted molar refractivity (Wildman–Crippen MR) is 120 cm³/mol. The molecule has 0 fully saturated rings. The molecule has 0 saturated heterocycles. The number of aromatic nitrogens is 3. The number of anilines is 1. The monoisotopic (exact) mass is 368 g/mol. The van der Waals surface area contributed by atoms with Crippen molar-refractivity contribution in [3.8, 4) is 0 Å². The molecule has 0 aliphatic rings. The molecule has 1 aromatic carbocycles. The molecule has 148 valence electrons. The van der Waals surface area contributed by atoms with E-state index in [1.54, 1.807) is 6.33 Å². The van der Waals surface area contributed by atoms with Gasteiger partial charge in [0.2, 0.25) is 0 Å². The molecule has 0 saturated carbocycles. The van der Waals surface area contributed by atoms with Gasteiger partial charge in [-0.05, 0) is 24.5 Å². The number of hydrogen-bond acceptors (Lipinski definition) is 2. The van der Waals surface area contributed by atoms with E-state index in [1.165, 1.54) is 28.5 Å². The maximum atomic E-state index is 4.34. The van der Waals surface area contributed by atoms with E-state index in [0.29, 0.717) is 0 Å². The number of hydrogen-bond donors (Lipinski definition) is 1. The van der Waals surface area contributed by atoms with Crippen LogP contribution in [0.5, 0.6) is 0 Å². The summed E-state index contributed by atoms with van der Waals surface area (Å²) in [6, 6.07) is 8.47. The number of para-hydroxylation sites is 1. The molecule has 0 spiro atoms. The van der Waals surface area contributed by atoms with Crippen LogP contribution in [0.15, 0.2) is 49.1 Å². The molecule has 0 amide bonds. The number of nitrogens with zero attached hydrogens (tertiary/aromatic N) is 3. The Labute approximate surface area is 164 Å². The Hall–Kier alpha value is -2.49. The van der Waals surface area contributed by atoms with Crippen molar-refractivity contribution in [1.29, 1.82) is 0 Å². The highest BCUT2D eigenvalue weighted by Gasteiger charge is 2.11. The van der Waals surface area contributed by atoms with E-state index in [1.807, 2.05) is 31.7 Å². The molecule has 0 atom stereocenters. The summed E-state index contributed by atoms with van der Waals surface area (Å²) in [6.45, 7) is 12.6. The normalized spacial score (nSPS) is 10.7. The third kappa shape index (κ3) is 6.02. The molecule has 0 radical (unpaired) electrons. The van der Waals surface area contributed by atoms with Crippen molar-refractivity contribution in [2.24, 2.45) is 7.05 Å². The average Bonchev–Trinajstić information content (AvgIpc) is 3.26. The van der Waals surface area contributed by atoms with Gasteiger partial charge in [0.15, 0.2) is 5.82 Å². The van der Waals surface area contributed by atoms with Gasteiger partial charge in [-0.15, -0.1) is 0 Å². The lowest BCUT2D eigenvalue weighted by Crippen LogP contribution is -2.07. The largest absolute Gasteiger partial charge is 0.338 e. The van der Waals surface area contributed by atoms with Gasteiger partial charge in [-0.3, -0.25) is 10.1 Å². The summed E-state index contributed by atoms with van der Waals surface area (Å²) in [5, 5.41) is 1.27. The summed E-state index contributed by atoms with van der Waals surface area (Å²) in [6.07, 6.45) is 11.6. The van der Waals surface area contributed by atoms with Gasteiger partial charge >= 0.3 is 0 Å². The van der Waals surface area contributed by atoms with Crippen molar-refractivity contribution in [3.05, 3.63) is 54.6 Å². The molecule has 3 aromatic rings. The van der Waals surface area contributed by atoms with Gasteiger partial charge in [-0.1, -0.05) is 72.2 Å². The lowest BCUT2D eigenvalue weighted by Gasteiger charge is -2.05. The summed E-state index contributed by atoms with van der Waals surface area (Å²) in [5.41, 5.74) is 7.22. The number of nitrogens with one attached hydrogen (secondary N) is 1. The molecule has 0 bridgehead atoms. The topological polar surface area (TPSA) is 34.8 Å². The Bertz CT molecular complexity index is 824. The van der Waals surface area contributed by atoms with E-state index < -0.39 is 0 Å². The second kappa shape index (κ2) is 12.0. The van der Waals surface area contributed by atoms with E-state index in [9.17, 15) is 0 Å². The second-order valence-electron chi connectivity index (χ2n) is 6.16. The zero-order valence-corrected chi connectivity index (χ0v) is 18.1. The average molecular weight is 369 g/mol. The first kappa shape index (κ1) is 22.6. The minimum atomic E-state index is 0.840. The number of fused-ring (bicyclic) bond motifs is 1. The Kier molecular flexibility index (Phi) is 10.0. The van der Waals surface area contributed by atoms with Gasteiger partial charge in [-0.2, -0.15) is 0 Å². The molecule has 1 N–H and O–H groups in total. The third-order valence-electron chi connectivity index (χ3n) is 3.83. The Balaban J connectivity index is 0.000000665. The minimum absolute atomic E-state index is 0.840. The Morgan fingerprint density at radius 1 is 1.07 bits per heavy atom. The van der Waals surface area contributed by atoms with E-state index in [4.69, 9.17) is 0 Å². The smallest absolute Gasteiger partial charge is 0.163 e. The van der Waals surface area contributed by atoms with Gasteiger partial charge < -0.3 is 4.57 Å². The second-order valence-corrected chi connectivity index (χ2v) is 6.16. The van der Waals surface area contributed by atoms with E-state index in [0.717, 1.165) is 18.7 Å². The first-order chi connectivity index (χ1) is 13.1. The number of allylic oxidation sites excluding steroid dienone is 2. The summed E-state index contributed by atoms with van der Waals surface area (Å²) < 4.78 is 4.00. The Morgan fingerprint density at radius 3 is 2.30 bits per heavy atom. The molecule has 2 heterocycles. The molecule has 27 heavy (non-hydrogen) atoms. The maximum Gasteiger partial charge on any atom is 0.163 e. The summed E-state index contributed by atoms with van der Waals surface area (Å²) in [4.78, 5) is 4.34. The highest BCUT2D eigenvalue weighted by atomic mass is 15.4. The van der Waals surface area contributed by atoms with Crippen LogP contribution < -0.4 is 5.43 Å². The fourth-order valence-electron chi connectivity index (χ4n) is 2.81. The number of rotatable bonds is 5. The molecular formula is C23H36N4. The SMILES string of the molecule is CC.CC/C=C(\CC)c1cn(Nc2cn(C)cn2)c2ccccc12.CCC. The highest BCUT2D eigenvalue weighted by Crippen LogP contribution is 2.29. The first-order valence-electron chi connectivity index (χ1n) is 10.2. The van der Waals surface area contributed by atoms with Gasteiger partial charge in [0.25, 0.3) is 0 Å². The van der Waals surface area contributed by atoms with Gasteiger partial charge in [0.05, 0.1) is 11.8 Å². The molecule has 0 aliphatic heterocycles. The van der Waals surface area contributed by atoms with Crippen LogP contribution in [0.4, 0.5) is 5.82 Å². The fourth-order valence-corrected chi connectivity index (χ4v) is 2.81. The van der Waals surface area contributed by atoms with E-state index in [2.05, 4.69) is 79.3 Å². The molecule has 4 nitrogen and oxygen atoms in total. The van der Waals surface area contributed by atoms with Crippen LogP contribution in [0.1, 0.15) is 66.4 Å². The quantitative estimate of drug-likeness (QED) is 0.532. The Morgan fingerprint density at radius 2 is 1.74 bits per heavy atom. The van der Waals surface area contributed by atoms with Crippen molar-refractivity contribution in [1.82, 2.24) is 14.2 Å². The van der Waals surface area contributed by atoms with Crippen LogP contribution >= 0.6 is 0 Å².